The number of phenolic OH excluding ortho intramolecular Hbond substituents is 1. The summed E-state index contributed by atoms with van der Waals surface area (Å²) in [7, 11) is 0. The summed E-state index contributed by atoms with van der Waals surface area (Å²) < 4.78 is 44.8. The molecule has 148 valence electrons. The lowest BCUT2D eigenvalue weighted by Gasteiger charge is -2.17. The number of hydrogen-bond donors (Lipinski definition) is 2. The molecule has 0 atom stereocenters. The van der Waals surface area contributed by atoms with Crippen LogP contribution in [0.3, 0.4) is 0 Å². The smallest absolute Gasteiger partial charge is 0.421 e. The molecule has 0 heterocycles. The van der Waals surface area contributed by atoms with Gasteiger partial charge >= 0.3 is 12.3 Å². The Labute approximate surface area is 164 Å². The maximum Gasteiger partial charge on any atom is 0.421 e. The molecule has 3 aromatic rings. The highest BCUT2D eigenvalue weighted by Crippen LogP contribution is 2.45. The van der Waals surface area contributed by atoms with E-state index in [9.17, 15) is 23.1 Å². The summed E-state index contributed by atoms with van der Waals surface area (Å²) >= 11 is 0. The Morgan fingerprint density at radius 3 is 2.10 bits per heavy atom. The molecule has 0 unspecified atom stereocenters. The first-order valence-electron chi connectivity index (χ1n) is 8.87. The third-order valence-corrected chi connectivity index (χ3v) is 4.91. The normalized spacial score (nSPS) is 12.9. The van der Waals surface area contributed by atoms with Crippen molar-refractivity contribution in [1.82, 2.24) is 0 Å². The number of halogens is 3. The lowest BCUT2D eigenvalue weighted by Crippen LogP contribution is -2.20. The van der Waals surface area contributed by atoms with E-state index in [1.807, 2.05) is 48.5 Å². The Hall–Kier alpha value is -3.48. The van der Waals surface area contributed by atoms with E-state index >= 15 is 0 Å². The summed E-state index contributed by atoms with van der Waals surface area (Å²) in [6.07, 6.45) is -5.85. The van der Waals surface area contributed by atoms with Crippen LogP contribution in [0.2, 0.25) is 0 Å². The quantitative estimate of drug-likeness (QED) is 0.588. The van der Waals surface area contributed by atoms with Crippen LogP contribution < -0.4 is 5.32 Å². The number of carbonyl (C=O) groups excluding carboxylic acids is 1. The monoisotopic (exact) mass is 399 g/mol. The van der Waals surface area contributed by atoms with Gasteiger partial charge in [-0.15, -0.1) is 0 Å². The second-order valence-electron chi connectivity index (χ2n) is 6.65. The summed E-state index contributed by atoms with van der Waals surface area (Å²) in [4.78, 5) is 12.2. The van der Waals surface area contributed by atoms with Crippen molar-refractivity contribution in [3.8, 4) is 16.9 Å². The van der Waals surface area contributed by atoms with Crippen LogP contribution in [0.1, 0.15) is 22.6 Å². The third-order valence-electron chi connectivity index (χ3n) is 4.91. The zero-order chi connectivity index (χ0) is 20.6. The van der Waals surface area contributed by atoms with Crippen molar-refractivity contribution in [1.29, 1.82) is 0 Å². The fraction of sp³-hybridized carbons (Fsp3) is 0.136. The molecule has 0 saturated carbocycles. The van der Waals surface area contributed by atoms with Gasteiger partial charge in [0.05, 0.1) is 5.69 Å². The van der Waals surface area contributed by atoms with E-state index in [4.69, 9.17) is 4.74 Å². The van der Waals surface area contributed by atoms with Gasteiger partial charge in [-0.25, -0.2) is 4.79 Å². The molecule has 0 spiro atoms. The Balaban J connectivity index is 1.53. The summed E-state index contributed by atoms with van der Waals surface area (Å²) in [6.45, 7) is -0.0278. The van der Waals surface area contributed by atoms with Gasteiger partial charge < -0.3 is 9.84 Å². The van der Waals surface area contributed by atoms with Crippen LogP contribution in [0.15, 0.2) is 66.7 Å². The lowest BCUT2D eigenvalue weighted by molar-refractivity contribution is -0.138. The van der Waals surface area contributed by atoms with Crippen LogP contribution in [-0.2, 0) is 10.9 Å². The summed E-state index contributed by atoms with van der Waals surface area (Å²) in [5.41, 5.74) is 2.21. The van der Waals surface area contributed by atoms with Gasteiger partial charge in [-0.1, -0.05) is 54.6 Å². The first-order chi connectivity index (χ1) is 13.9. The molecule has 0 fully saturated rings. The average molecular weight is 399 g/mol. The van der Waals surface area contributed by atoms with Crippen LogP contribution in [0, 0.1) is 0 Å². The molecule has 0 aromatic heterocycles. The van der Waals surface area contributed by atoms with Gasteiger partial charge in [-0.05, 0) is 34.4 Å². The maximum atomic E-state index is 13.2. The van der Waals surface area contributed by atoms with Gasteiger partial charge in [0.25, 0.3) is 0 Å². The van der Waals surface area contributed by atoms with Crippen LogP contribution in [-0.4, -0.2) is 17.8 Å². The molecule has 0 saturated heterocycles. The maximum absolute atomic E-state index is 13.2. The molecule has 3 aromatic carbocycles. The van der Waals surface area contributed by atoms with E-state index in [0.717, 1.165) is 34.4 Å². The second-order valence-corrected chi connectivity index (χ2v) is 6.65. The topological polar surface area (TPSA) is 58.6 Å². The zero-order valence-corrected chi connectivity index (χ0v) is 15.0. The van der Waals surface area contributed by atoms with Gasteiger partial charge in [0.15, 0.2) is 0 Å². The molecule has 7 heteroatoms. The number of rotatable bonds is 3. The van der Waals surface area contributed by atoms with E-state index in [0.29, 0.717) is 0 Å². The molecular weight excluding hydrogens is 383 g/mol. The highest BCUT2D eigenvalue weighted by atomic mass is 19.4. The summed E-state index contributed by atoms with van der Waals surface area (Å²) in [5.74, 6) is -1.17. The molecule has 1 aliphatic rings. The van der Waals surface area contributed by atoms with Crippen molar-refractivity contribution in [2.24, 2.45) is 0 Å². The number of anilines is 1. The van der Waals surface area contributed by atoms with Crippen LogP contribution in [0.5, 0.6) is 5.75 Å². The number of amides is 1. The number of aromatic hydroxyl groups is 1. The van der Waals surface area contributed by atoms with Gasteiger partial charge in [-0.2, -0.15) is 13.2 Å². The average Bonchev–Trinajstić information content (AvgIpc) is 2.99. The highest BCUT2D eigenvalue weighted by Gasteiger charge is 2.37. The fourth-order valence-corrected chi connectivity index (χ4v) is 3.69. The molecule has 0 aliphatic heterocycles. The number of phenols is 1. The van der Waals surface area contributed by atoms with Gasteiger partial charge in [-0.3, -0.25) is 5.32 Å². The first kappa shape index (κ1) is 18.9. The molecule has 0 bridgehead atoms. The third kappa shape index (κ3) is 3.51. The van der Waals surface area contributed by atoms with E-state index in [1.165, 1.54) is 6.07 Å². The number of nitrogens with one attached hydrogen (secondary N) is 1. The van der Waals surface area contributed by atoms with E-state index in [-0.39, 0.29) is 12.5 Å². The standard InChI is InChI=1S/C22H16F3NO3/c23-22(24,25)20-18(10-5-11-19(20)27)26-21(28)29-12-17-15-8-3-1-6-13(15)14-7-2-4-9-16(14)17/h1-11,17,27H,12H2,(H,26,28). The predicted molar refractivity (Wildman–Crippen MR) is 102 cm³/mol. The lowest BCUT2D eigenvalue weighted by atomic mass is 9.98. The molecule has 1 aliphatic carbocycles. The van der Waals surface area contributed by atoms with Crippen molar-refractivity contribution in [3.63, 3.8) is 0 Å². The molecule has 0 radical (unpaired) electrons. The number of ether oxygens (including phenoxy) is 1. The SMILES string of the molecule is O=C(Nc1cccc(O)c1C(F)(F)F)OCC1c2ccccc2-c2ccccc21. The minimum Gasteiger partial charge on any atom is -0.507 e. The number of fused-ring (bicyclic) bond motifs is 3. The predicted octanol–water partition coefficient (Wildman–Crippen LogP) is 5.77. The zero-order valence-electron chi connectivity index (χ0n) is 15.0. The van der Waals surface area contributed by atoms with E-state index in [1.54, 1.807) is 0 Å². The minimum absolute atomic E-state index is 0.0278. The first-order valence-corrected chi connectivity index (χ1v) is 8.87. The Morgan fingerprint density at radius 2 is 1.52 bits per heavy atom. The number of hydrogen-bond acceptors (Lipinski definition) is 3. The van der Waals surface area contributed by atoms with Gasteiger partial charge in [0.2, 0.25) is 0 Å². The molecular formula is C22H16F3NO3. The summed E-state index contributed by atoms with van der Waals surface area (Å²) in [5, 5.41) is 11.6. The van der Waals surface area contributed by atoms with Gasteiger partial charge in [0.1, 0.15) is 17.9 Å². The summed E-state index contributed by atoms with van der Waals surface area (Å²) in [6, 6.07) is 18.7. The Kier molecular flexibility index (Phi) is 4.66. The highest BCUT2D eigenvalue weighted by molar-refractivity contribution is 5.87. The largest absolute Gasteiger partial charge is 0.507 e. The van der Waals surface area contributed by atoms with Gasteiger partial charge in [0, 0.05) is 5.92 Å². The fourth-order valence-electron chi connectivity index (χ4n) is 3.69. The second kappa shape index (κ2) is 7.16. The number of benzene rings is 3. The number of carbonyl (C=O) groups is 1. The molecule has 1 amide bonds. The van der Waals surface area contributed by atoms with Crippen molar-refractivity contribution < 1.29 is 27.8 Å². The van der Waals surface area contributed by atoms with Crippen LogP contribution >= 0.6 is 0 Å². The van der Waals surface area contributed by atoms with Crippen molar-refractivity contribution in [2.45, 2.75) is 12.1 Å². The van der Waals surface area contributed by atoms with Crippen LogP contribution in [0.25, 0.3) is 11.1 Å². The Bertz CT molecular complexity index is 1030. The Morgan fingerprint density at radius 1 is 0.931 bits per heavy atom. The van der Waals surface area contributed by atoms with Crippen LogP contribution in [0.4, 0.5) is 23.7 Å². The molecule has 29 heavy (non-hydrogen) atoms. The number of alkyl halides is 3. The minimum atomic E-state index is -4.82. The molecule has 4 rings (SSSR count). The van der Waals surface area contributed by atoms with Crippen molar-refractivity contribution in [2.75, 3.05) is 11.9 Å². The molecule has 2 N–H and O–H groups in total. The van der Waals surface area contributed by atoms with E-state index in [2.05, 4.69) is 5.32 Å². The van der Waals surface area contributed by atoms with Crippen molar-refractivity contribution >= 4 is 11.8 Å². The molecule has 4 nitrogen and oxygen atoms in total. The van der Waals surface area contributed by atoms with E-state index < -0.39 is 29.3 Å². The van der Waals surface area contributed by atoms with Crippen molar-refractivity contribution in [3.05, 3.63) is 83.4 Å².